The SMILES string of the molecule is COC1(C=O)CC=Cc2c1[nH]c1ccccc21. The van der Waals surface area contributed by atoms with Crippen molar-refractivity contribution < 1.29 is 9.53 Å². The van der Waals surface area contributed by atoms with Crippen molar-refractivity contribution in [3.8, 4) is 0 Å². The first-order valence-electron chi connectivity index (χ1n) is 5.60. The molecule has 3 heteroatoms. The van der Waals surface area contributed by atoms with Crippen LogP contribution < -0.4 is 0 Å². The van der Waals surface area contributed by atoms with Gasteiger partial charge in [-0.3, -0.25) is 4.79 Å². The fourth-order valence-electron chi connectivity index (χ4n) is 2.46. The van der Waals surface area contributed by atoms with Gasteiger partial charge in [0, 0.05) is 30.0 Å². The van der Waals surface area contributed by atoms with E-state index < -0.39 is 5.60 Å². The van der Waals surface area contributed by atoms with Crippen molar-refractivity contribution >= 4 is 23.3 Å². The summed E-state index contributed by atoms with van der Waals surface area (Å²) < 4.78 is 5.43. The highest BCUT2D eigenvalue weighted by Gasteiger charge is 2.36. The maximum atomic E-state index is 11.4. The lowest BCUT2D eigenvalue weighted by Gasteiger charge is -2.27. The van der Waals surface area contributed by atoms with Crippen LogP contribution in [0.5, 0.6) is 0 Å². The quantitative estimate of drug-likeness (QED) is 0.801. The molecule has 0 amide bonds. The highest BCUT2D eigenvalue weighted by molar-refractivity contribution is 5.93. The van der Waals surface area contributed by atoms with Crippen LogP contribution in [-0.2, 0) is 15.1 Å². The van der Waals surface area contributed by atoms with Crippen LogP contribution in [0.4, 0.5) is 0 Å². The van der Waals surface area contributed by atoms with Crippen LogP contribution in [0, 0.1) is 0 Å². The number of para-hydroxylation sites is 1. The molecule has 1 aromatic heterocycles. The number of aromatic nitrogens is 1. The number of H-pyrrole nitrogens is 1. The molecule has 0 fully saturated rings. The highest BCUT2D eigenvalue weighted by atomic mass is 16.5. The minimum atomic E-state index is -0.858. The molecule has 0 saturated carbocycles. The Morgan fingerprint density at radius 2 is 2.24 bits per heavy atom. The van der Waals surface area contributed by atoms with Crippen LogP contribution in [0.3, 0.4) is 0 Å². The highest BCUT2D eigenvalue weighted by Crippen LogP contribution is 2.38. The number of nitrogens with one attached hydrogen (secondary N) is 1. The molecule has 1 N–H and O–H groups in total. The van der Waals surface area contributed by atoms with Crippen molar-refractivity contribution in [1.82, 2.24) is 4.98 Å². The molecule has 1 heterocycles. The zero-order valence-electron chi connectivity index (χ0n) is 9.57. The maximum absolute atomic E-state index is 11.4. The van der Waals surface area contributed by atoms with E-state index in [-0.39, 0.29) is 0 Å². The Bertz CT molecular complexity index is 612. The third-order valence-corrected chi connectivity index (χ3v) is 3.43. The summed E-state index contributed by atoms with van der Waals surface area (Å²) in [7, 11) is 1.57. The van der Waals surface area contributed by atoms with Gasteiger partial charge in [0.2, 0.25) is 0 Å². The standard InChI is InChI=1S/C14H13NO2/c1-17-14(9-16)8-4-6-11-10-5-2-3-7-12(10)15-13(11)14/h2-7,9,15H,8H2,1H3. The number of hydrogen-bond acceptors (Lipinski definition) is 2. The van der Waals surface area contributed by atoms with Crippen LogP contribution in [-0.4, -0.2) is 18.4 Å². The van der Waals surface area contributed by atoms with Crippen molar-refractivity contribution in [2.45, 2.75) is 12.0 Å². The van der Waals surface area contributed by atoms with Gasteiger partial charge in [-0.2, -0.15) is 0 Å². The molecule has 1 aliphatic carbocycles. The van der Waals surface area contributed by atoms with Crippen molar-refractivity contribution in [1.29, 1.82) is 0 Å². The molecular weight excluding hydrogens is 214 g/mol. The van der Waals surface area contributed by atoms with Gasteiger partial charge in [-0.25, -0.2) is 0 Å². The van der Waals surface area contributed by atoms with Crippen molar-refractivity contribution in [2.75, 3.05) is 7.11 Å². The number of benzene rings is 1. The Kier molecular flexibility index (Phi) is 2.16. The van der Waals surface area contributed by atoms with Crippen LogP contribution in [0.2, 0.25) is 0 Å². The molecule has 1 aliphatic rings. The topological polar surface area (TPSA) is 42.1 Å². The van der Waals surface area contributed by atoms with Crippen LogP contribution >= 0.6 is 0 Å². The normalized spacial score (nSPS) is 22.6. The molecule has 1 unspecified atom stereocenters. The summed E-state index contributed by atoms with van der Waals surface area (Å²) >= 11 is 0. The van der Waals surface area contributed by atoms with Gasteiger partial charge in [0.15, 0.2) is 11.9 Å². The van der Waals surface area contributed by atoms with Gasteiger partial charge in [0.05, 0.1) is 5.69 Å². The largest absolute Gasteiger partial charge is 0.364 e. The summed E-state index contributed by atoms with van der Waals surface area (Å²) in [5.41, 5.74) is 2.09. The van der Waals surface area contributed by atoms with Gasteiger partial charge in [-0.05, 0) is 6.07 Å². The number of aldehydes is 1. The second-order valence-electron chi connectivity index (χ2n) is 4.28. The molecule has 1 atom stereocenters. The lowest BCUT2D eigenvalue weighted by atomic mass is 9.88. The number of rotatable bonds is 2. The molecule has 17 heavy (non-hydrogen) atoms. The Morgan fingerprint density at radius 1 is 1.41 bits per heavy atom. The van der Waals surface area contributed by atoms with E-state index in [9.17, 15) is 4.79 Å². The Labute approximate surface area is 99.1 Å². The van der Waals surface area contributed by atoms with E-state index in [1.165, 1.54) is 0 Å². The van der Waals surface area contributed by atoms with E-state index in [2.05, 4.69) is 11.1 Å². The molecule has 3 rings (SSSR count). The molecule has 0 saturated heterocycles. The first-order valence-corrected chi connectivity index (χ1v) is 5.60. The molecule has 86 valence electrons. The number of methoxy groups -OCH3 is 1. The third-order valence-electron chi connectivity index (χ3n) is 3.43. The molecule has 1 aromatic carbocycles. The summed E-state index contributed by atoms with van der Waals surface area (Å²) in [6.07, 6.45) is 5.49. The molecule has 0 spiro atoms. The molecule has 0 radical (unpaired) electrons. The zero-order chi connectivity index (χ0) is 11.9. The molecule has 0 bridgehead atoms. The van der Waals surface area contributed by atoms with E-state index in [0.717, 1.165) is 28.4 Å². The summed E-state index contributed by atoms with van der Waals surface area (Å²) in [6, 6.07) is 8.02. The average molecular weight is 227 g/mol. The summed E-state index contributed by atoms with van der Waals surface area (Å²) in [4.78, 5) is 14.7. The van der Waals surface area contributed by atoms with Gasteiger partial charge in [-0.15, -0.1) is 0 Å². The maximum Gasteiger partial charge on any atom is 0.166 e. The van der Waals surface area contributed by atoms with Crippen LogP contribution in [0.25, 0.3) is 17.0 Å². The number of aromatic amines is 1. The molecule has 2 aromatic rings. The lowest BCUT2D eigenvalue weighted by Crippen LogP contribution is -2.32. The van der Waals surface area contributed by atoms with E-state index in [1.807, 2.05) is 30.3 Å². The second-order valence-corrected chi connectivity index (χ2v) is 4.28. The summed E-state index contributed by atoms with van der Waals surface area (Å²) in [5, 5.41) is 1.13. The number of ether oxygens (including phenoxy) is 1. The van der Waals surface area contributed by atoms with Crippen LogP contribution in [0.1, 0.15) is 17.7 Å². The monoisotopic (exact) mass is 227 g/mol. The van der Waals surface area contributed by atoms with Crippen LogP contribution in [0.15, 0.2) is 30.3 Å². The van der Waals surface area contributed by atoms with Gasteiger partial charge in [0.25, 0.3) is 0 Å². The average Bonchev–Trinajstić information content (AvgIpc) is 2.77. The Morgan fingerprint density at radius 3 is 3.00 bits per heavy atom. The fraction of sp³-hybridized carbons (Fsp3) is 0.214. The first kappa shape index (κ1) is 10.3. The van der Waals surface area contributed by atoms with Gasteiger partial charge in [0.1, 0.15) is 0 Å². The molecule has 0 aliphatic heterocycles. The third kappa shape index (κ3) is 1.29. The number of carbonyl (C=O) groups is 1. The summed E-state index contributed by atoms with van der Waals surface area (Å²) in [5.74, 6) is 0. The van der Waals surface area contributed by atoms with E-state index in [4.69, 9.17) is 4.74 Å². The number of hydrogen-bond donors (Lipinski definition) is 1. The van der Waals surface area contributed by atoms with E-state index in [0.29, 0.717) is 6.42 Å². The Balaban J connectivity index is 2.35. The van der Waals surface area contributed by atoms with E-state index in [1.54, 1.807) is 7.11 Å². The molecular formula is C14H13NO2. The predicted molar refractivity (Wildman–Crippen MR) is 66.7 cm³/mol. The first-order chi connectivity index (χ1) is 8.30. The van der Waals surface area contributed by atoms with E-state index >= 15 is 0 Å². The van der Waals surface area contributed by atoms with Crippen molar-refractivity contribution in [3.05, 3.63) is 41.6 Å². The molecule has 3 nitrogen and oxygen atoms in total. The Hall–Kier alpha value is -1.87. The van der Waals surface area contributed by atoms with Gasteiger partial charge >= 0.3 is 0 Å². The van der Waals surface area contributed by atoms with Gasteiger partial charge < -0.3 is 9.72 Å². The number of carbonyl (C=O) groups excluding carboxylic acids is 1. The number of fused-ring (bicyclic) bond motifs is 3. The summed E-state index contributed by atoms with van der Waals surface area (Å²) in [6.45, 7) is 0. The lowest BCUT2D eigenvalue weighted by molar-refractivity contribution is -0.128. The second kappa shape index (κ2) is 3.57. The smallest absolute Gasteiger partial charge is 0.166 e. The van der Waals surface area contributed by atoms with Crippen molar-refractivity contribution in [2.24, 2.45) is 0 Å². The van der Waals surface area contributed by atoms with Gasteiger partial charge in [-0.1, -0.05) is 30.4 Å². The predicted octanol–water partition coefficient (Wildman–Crippen LogP) is 2.63. The minimum Gasteiger partial charge on any atom is -0.364 e. The zero-order valence-corrected chi connectivity index (χ0v) is 9.57. The van der Waals surface area contributed by atoms with Crippen molar-refractivity contribution in [3.63, 3.8) is 0 Å². The minimum absolute atomic E-state index is 0.576. The fourth-order valence-corrected chi connectivity index (χ4v) is 2.46.